The van der Waals surface area contributed by atoms with Crippen molar-refractivity contribution in [3.8, 4) is 11.5 Å². The van der Waals surface area contributed by atoms with Gasteiger partial charge >= 0.3 is 6.03 Å². The van der Waals surface area contributed by atoms with Crippen LogP contribution in [-0.2, 0) is 13.1 Å². The molecule has 4 rings (SSSR count). The molecule has 2 N–H and O–H groups in total. The van der Waals surface area contributed by atoms with Crippen LogP contribution in [0.2, 0.25) is 0 Å². The first-order valence-corrected chi connectivity index (χ1v) is 9.66. The van der Waals surface area contributed by atoms with Crippen molar-refractivity contribution in [2.24, 2.45) is 0 Å². The Morgan fingerprint density at radius 2 is 1.76 bits per heavy atom. The molecule has 2 aliphatic rings. The molecule has 6 nitrogen and oxygen atoms in total. The molecule has 154 valence electrons. The third-order valence-electron chi connectivity index (χ3n) is 5.20. The number of nitrogens with one attached hydrogen (secondary N) is 2. The van der Waals surface area contributed by atoms with E-state index >= 15 is 0 Å². The van der Waals surface area contributed by atoms with Gasteiger partial charge in [0.2, 0.25) is 6.79 Å². The molecule has 0 bridgehead atoms. The lowest BCUT2D eigenvalue weighted by atomic mass is 10.0. The van der Waals surface area contributed by atoms with Crippen molar-refractivity contribution in [3.63, 3.8) is 0 Å². The summed E-state index contributed by atoms with van der Waals surface area (Å²) in [6.07, 6.45) is 1.61. The van der Waals surface area contributed by atoms with Gasteiger partial charge in [0, 0.05) is 32.2 Å². The van der Waals surface area contributed by atoms with Crippen LogP contribution >= 0.6 is 0 Å². The molecule has 0 atom stereocenters. The summed E-state index contributed by atoms with van der Waals surface area (Å²) in [6, 6.07) is 9.47. The molecule has 0 aliphatic carbocycles. The van der Waals surface area contributed by atoms with E-state index in [1.807, 2.05) is 18.2 Å². The lowest BCUT2D eigenvalue weighted by molar-refractivity contribution is 0.174. The van der Waals surface area contributed by atoms with E-state index in [4.69, 9.17) is 9.47 Å². The highest BCUT2D eigenvalue weighted by Crippen LogP contribution is 2.32. The number of fused-ring (bicyclic) bond motifs is 1. The zero-order valence-corrected chi connectivity index (χ0v) is 15.9. The van der Waals surface area contributed by atoms with Gasteiger partial charge in [-0.2, -0.15) is 0 Å². The fraction of sp³-hybridized carbons (Fsp3) is 0.381. The van der Waals surface area contributed by atoms with Gasteiger partial charge in [-0.05, 0) is 48.2 Å². The molecule has 2 aromatic carbocycles. The fourth-order valence-electron chi connectivity index (χ4n) is 3.60. The number of carbonyl (C=O) groups is 1. The van der Waals surface area contributed by atoms with Crippen molar-refractivity contribution in [1.82, 2.24) is 15.5 Å². The molecule has 8 heteroatoms. The van der Waals surface area contributed by atoms with Gasteiger partial charge in [0.15, 0.2) is 23.1 Å². The van der Waals surface area contributed by atoms with E-state index in [2.05, 4.69) is 15.5 Å². The topological polar surface area (TPSA) is 62.8 Å². The highest BCUT2D eigenvalue weighted by atomic mass is 19.2. The maximum Gasteiger partial charge on any atom is 0.315 e. The number of ether oxygens (including phenoxy) is 2. The minimum Gasteiger partial charge on any atom is -0.454 e. The number of benzene rings is 2. The molecule has 0 spiro atoms. The number of hydrogen-bond donors (Lipinski definition) is 2. The van der Waals surface area contributed by atoms with Crippen LogP contribution in [0, 0.1) is 11.6 Å². The van der Waals surface area contributed by atoms with E-state index in [1.165, 1.54) is 6.07 Å². The molecule has 2 aromatic rings. The highest BCUT2D eigenvalue weighted by molar-refractivity contribution is 5.74. The van der Waals surface area contributed by atoms with Crippen LogP contribution in [-0.4, -0.2) is 36.9 Å². The van der Waals surface area contributed by atoms with Crippen LogP contribution in [0.3, 0.4) is 0 Å². The number of halogens is 2. The van der Waals surface area contributed by atoms with Gasteiger partial charge in [0.05, 0.1) is 0 Å². The minimum atomic E-state index is -0.830. The van der Waals surface area contributed by atoms with Gasteiger partial charge in [0.25, 0.3) is 0 Å². The van der Waals surface area contributed by atoms with Crippen molar-refractivity contribution in [2.45, 2.75) is 32.0 Å². The Bertz CT molecular complexity index is 885. The van der Waals surface area contributed by atoms with Crippen LogP contribution in [0.15, 0.2) is 36.4 Å². The molecule has 29 heavy (non-hydrogen) atoms. The largest absolute Gasteiger partial charge is 0.454 e. The third kappa shape index (κ3) is 4.95. The zero-order chi connectivity index (χ0) is 20.2. The normalized spacial score (nSPS) is 16.6. The Morgan fingerprint density at radius 1 is 1.00 bits per heavy atom. The Kier molecular flexibility index (Phi) is 5.80. The molecular formula is C21H23F2N3O3. The number of amides is 2. The minimum absolute atomic E-state index is 0.0907. The summed E-state index contributed by atoms with van der Waals surface area (Å²) in [7, 11) is 0. The maximum atomic E-state index is 13.3. The van der Waals surface area contributed by atoms with Crippen LogP contribution in [0.25, 0.3) is 0 Å². The third-order valence-corrected chi connectivity index (χ3v) is 5.20. The second-order valence-electron chi connectivity index (χ2n) is 7.31. The fourth-order valence-corrected chi connectivity index (χ4v) is 3.60. The average molecular weight is 403 g/mol. The Balaban J connectivity index is 1.19. The van der Waals surface area contributed by atoms with E-state index in [0.717, 1.165) is 43.1 Å². The monoisotopic (exact) mass is 403 g/mol. The zero-order valence-electron chi connectivity index (χ0n) is 15.9. The van der Waals surface area contributed by atoms with Gasteiger partial charge in [-0.1, -0.05) is 12.1 Å². The SMILES string of the molecule is O=C(NCc1ccc2c(c1)OCO2)NC1CCN(Cc2ccc(F)c(F)c2)CC1. The molecule has 2 heterocycles. The van der Waals surface area contributed by atoms with Gasteiger partial charge in [-0.15, -0.1) is 0 Å². The first kappa shape index (κ1) is 19.4. The summed E-state index contributed by atoms with van der Waals surface area (Å²) < 4.78 is 37.0. The Labute approximate surface area is 167 Å². The molecular weight excluding hydrogens is 380 g/mol. The molecule has 0 radical (unpaired) electrons. The number of hydrogen-bond acceptors (Lipinski definition) is 4. The molecule has 0 saturated carbocycles. The number of nitrogens with zero attached hydrogens (tertiary/aromatic N) is 1. The van der Waals surface area contributed by atoms with E-state index in [1.54, 1.807) is 6.07 Å². The summed E-state index contributed by atoms with van der Waals surface area (Å²) in [5.41, 5.74) is 1.68. The number of urea groups is 1. The van der Waals surface area contributed by atoms with Crippen molar-refractivity contribution in [3.05, 3.63) is 59.2 Å². The standard InChI is InChI=1S/C21H23F2N3O3/c22-17-3-1-15(9-18(17)23)12-26-7-5-16(6-8-26)25-21(27)24-11-14-2-4-19-20(10-14)29-13-28-19/h1-4,9-10,16H,5-8,11-13H2,(H2,24,25,27). The van der Waals surface area contributed by atoms with E-state index in [9.17, 15) is 13.6 Å². The molecule has 1 saturated heterocycles. The predicted molar refractivity (Wildman–Crippen MR) is 103 cm³/mol. The maximum absolute atomic E-state index is 13.3. The summed E-state index contributed by atoms with van der Waals surface area (Å²) in [5.74, 6) is -0.243. The second kappa shape index (κ2) is 8.65. The van der Waals surface area contributed by atoms with Gasteiger partial charge in [-0.25, -0.2) is 13.6 Å². The second-order valence-corrected chi connectivity index (χ2v) is 7.31. The molecule has 2 amide bonds. The molecule has 0 unspecified atom stereocenters. The quantitative estimate of drug-likeness (QED) is 0.805. The Morgan fingerprint density at radius 3 is 2.55 bits per heavy atom. The molecule has 2 aliphatic heterocycles. The van der Waals surface area contributed by atoms with Crippen molar-refractivity contribution in [1.29, 1.82) is 0 Å². The Hall–Kier alpha value is -2.87. The average Bonchev–Trinajstić information content (AvgIpc) is 3.19. The molecule has 1 fully saturated rings. The van der Waals surface area contributed by atoms with Gasteiger partial charge in [0.1, 0.15) is 0 Å². The summed E-state index contributed by atoms with van der Waals surface area (Å²) in [4.78, 5) is 14.4. The number of piperidine rings is 1. The lowest BCUT2D eigenvalue weighted by Crippen LogP contribution is -2.47. The summed E-state index contributed by atoms with van der Waals surface area (Å²) >= 11 is 0. The van der Waals surface area contributed by atoms with E-state index in [-0.39, 0.29) is 18.9 Å². The molecule has 0 aromatic heterocycles. The predicted octanol–water partition coefficient (Wildman–Crippen LogP) is 3.16. The summed E-state index contributed by atoms with van der Waals surface area (Å²) in [6.45, 7) is 2.76. The summed E-state index contributed by atoms with van der Waals surface area (Å²) in [5, 5.41) is 5.86. The van der Waals surface area contributed by atoms with Crippen LogP contribution in [0.5, 0.6) is 11.5 Å². The van der Waals surface area contributed by atoms with Crippen LogP contribution in [0.4, 0.5) is 13.6 Å². The van der Waals surface area contributed by atoms with Gasteiger partial charge < -0.3 is 20.1 Å². The van der Waals surface area contributed by atoms with Crippen molar-refractivity contribution < 1.29 is 23.0 Å². The smallest absolute Gasteiger partial charge is 0.315 e. The van der Waals surface area contributed by atoms with E-state index < -0.39 is 11.6 Å². The first-order valence-electron chi connectivity index (χ1n) is 9.66. The number of rotatable bonds is 5. The van der Waals surface area contributed by atoms with Crippen molar-refractivity contribution >= 4 is 6.03 Å². The van der Waals surface area contributed by atoms with Crippen molar-refractivity contribution in [2.75, 3.05) is 19.9 Å². The number of carbonyl (C=O) groups excluding carboxylic acids is 1. The van der Waals surface area contributed by atoms with E-state index in [0.29, 0.717) is 24.6 Å². The van der Waals surface area contributed by atoms with Crippen LogP contribution in [0.1, 0.15) is 24.0 Å². The first-order chi connectivity index (χ1) is 14.1. The lowest BCUT2D eigenvalue weighted by Gasteiger charge is -2.32. The number of likely N-dealkylation sites (tertiary alicyclic amines) is 1. The van der Waals surface area contributed by atoms with Gasteiger partial charge in [-0.3, -0.25) is 4.90 Å². The van der Waals surface area contributed by atoms with Crippen LogP contribution < -0.4 is 20.1 Å². The highest BCUT2D eigenvalue weighted by Gasteiger charge is 2.21.